The highest BCUT2D eigenvalue weighted by Gasteiger charge is 2.53. The molecular formula is C30H51NO. The van der Waals surface area contributed by atoms with Gasteiger partial charge in [0.2, 0.25) is 5.91 Å². The van der Waals surface area contributed by atoms with E-state index in [-0.39, 0.29) is 0 Å². The van der Waals surface area contributed by atoms with E-state index in [1.165, 1.54) is 96.3 Å². The van der Waals surface area contributed by atoms with Crippen molar-refractivity contribution in [1.82, 2.24) is 5.32 Å². The standard InChI is InChI=1S/C30H51NO/c1-3-4-5-6-7-8-9-10-11-12-13-14-15-16-17-18-29(32)31-25(2)30-22-26-19-27(23-30)21-28(20-26)24-30/h7-8,10-11,25-28H,3-6,9,12-24H2,1-2H3,(H,31,32)/b8-7-,11-10-. The van der Waals surface area contributed by atoms with Crippen molar-refractivity contribution < 1.29 is 4.79 Å². The topological polar surface area (TPSA) is 29.1 Å². The van der Waals surface area contributed by atoms with Gasteiger partial charge >= 0.3 is 0 Å². The molecule has 4 saturated carbocycles. The summed E-state index contributed by atoms with van der Waals surface area (Å²) < 4.78 is 0. The number of rotatable bonds is 16. The Balaban J connectivity index is 1.16. The van der Waals surface area contributed by atoms with Crippen LogP contribution in [0.15, 0.2) is 24.3 Å². The van der Waals surface area contributed by atoms with E-state index in [1.54, 1.807) is 0 Å². The first-order valence-corrected chi connectivity index (χ1v) is 14.2. The molecule has 0 radical (unpaired) electrons. The molecule has 1 N–H and O–H groups in total. The number of carbonyl (C=O) groups is 1. The lowest BCUT2D eigenvalue weighted by atomic mass is 9.48. The smallest absolute Gasteiger partial charge is 0.220 e. The van der Waals surface area contributed by atoms with Gasteiger partial charge in [-0.3, -0.25) is 4.79 Å². The van der Waals surface area contributed by atoms with Gasteiger partial charge in [0.05, 0.1) is 0 Å². The van der Waals surface area contributed by atoms with Crippen molar-refractivity contribution in [3.63, 3.8) is 0 Å². The summed E-state index contributed by atoms with van der Waals surface area (Å²) in [6.07, 6.45) is 32.2. The van der Waals surface area contributed by atoms with Gasteiger partial charge in [0.15, 0.2) is 0 Å². The zero-order chi connectivity index (χ0) is 22.7. The Morgan fingerprint density at radius 1 is 0.812 bits per heavy atom. The van der Waals surface area contributed by atoms with Crippen molar-refractivity contribution in [2.75, 3.05) is 0 Å². The lowest BCUT2D eigenvalue weighted by molar-refractivity contribution is -0.126. The van der Waals surface area contributed by atoms with Crippen molar-refractivity contribution >= 4 is 5.91 Å². The minimum Gasteiger partial charge on any atom is -0.353 e. The molecule has 2 nitrogen and oxygen atoms in total. The molecule has 0 aromatic carbocycles. The number of hydrogen-bond donors (Lipinski definition) is 1. The van der Waals surface area contributed by atoms with Crippen LogP contribution in [0.1, 0.15) is 129 Å². The van der Waals surface area contributed by atoms with Gasteiger partial charge in [-0.05, 0) is 107 Å². The maximum absolute atomic E-state index is 12.6. The van der Waals surface area contributed by atoms with Crippen LogP contribution in [0.4, 0.5) is 0 Å². The highest BCUT2D eigenvalue weighted by Crippen LogP contribution is 2.61. The van der Waals surface area contributed by atoms with Crippen LogP contribution in [0.2, 0.25) is 0 Å². The molecule has 1 amide bonds. The molecule has 0 aromatic rings. The van der Waals surface area contributed by atoms with Crippen LogP contribution in [0, 0.1) is 23.2 Å². The van der Waals surface area contributed by atoms with Crippen LogP contribution in [0.25, 0.3) is 0 Å². The summed E-state index contributed by atoms with van der Waals surface area (Å²) in [6.45, 7) is 4.56. The zero-order valence-corrected chi connectivity index (χ0v) is 21.3. The predicted octanol–water partition coefficient (Wildman–Crippen LogP) is 8.52. The molecule has 4 aliphatic carbocycles. The Bertz CT molecular complexity index is 569. The molecule has 0 heterocycles. The quantitative estimate of drug-likeness (QED) is 0.189. The van der Waals surface area contributed by atoms with Gasteiger partial charge in [0.1, 0.15) is 0 Å². The highest BCUT2D eigenvalue weighted by molar-refractivity contribution is 5.76. The molecular weight excluding hydrogens is 390 g/mol. The second-order valence-corrected chi connectivity index (χ2v) is 11.5. The van der Waals surface area contributed by atoms with E-state index in [2.05, 4.69) is 43.5 Å². The molecule has 4 fully saturated rings. The van der Waals surface area contributed by atoms with E-state index in [1.807, 2.05) is 0 Å². The summed E-state index contributed by atoms with van der Waals surface area (Å²) >= 11 is 0. The normalized spacial score (nSPS) is 29.9. The summed E-state index contributed by atoms with van der Waals surface area (Å²) in [7, 11) is 0. The van der Waals surface area contributed by atoms with Crippen LogP contribution in [0.3, 0.4) is 0 Å². The third kappa shape index (κ3) is 8.07. The van der Waals surface area contributed by atoms with Crippen LogP contribution < -0.4 is 5.32 Å². The number of amides is 1. The van der Waals surface area contributed by atoms with Crippen LogP contribution >= 0.6 is 0 Å². The molecule has 32 heavy (non-hydrogen) atoms. The van der Waals surface area contributed by atoms with Crippen molar-refractivity contribution in [1.29, 1.82) is 0 Å². The minimum absolute atomic E-state index is 0.305. The molecule has 1 unspecified atom stereocenters. The molecule has 0 spiro atoms. The van der Waals surface area contributed by atoms with E-state index in [0.29, 0.717) is 17.4 Å². The molecule has 4 rings (SSSR count). The monoisotopic (exact) mass is 441 g/mol. The van der Waals surface area contributed by atoms with Crippen molar-refractivity contribution in [2.24, 2.45) is 23.2 Å². The van der Waals surface area contributed by atoms with Gasteiger partial charge in [-0.2, -0.15) is 0 Å². The third-order valence-corrected chi connectivity index (χ3v) is 8.74. The maximum atomic E-state index is 12.6. The Morgan fingerprint density at radius 3 is 1.94 bits per heavy atom. The first kappa shape index (κ1) is 25.6. The Hall–Kier alpha value is -1.05. The third-order valence-electron chi connectivity index (χ3n) is 8.74. The Morgan fingerprint density at radius 2 is 1.34 bits per heavy atom. The molecule has 0 aromatic heterocycles. The highest BCUT2D eigenvalue weighted by atomic mass is 16.1. The lowest BCUT2D eigenvalue weighted by Crippen LogP contribution is -2.55. The summed E-state index contributed by atoms with van der Waals surface area (Å²) in [4.78, 5) is 12.6. The summed E-state index contributed by atoms with van der Waals surface area (Å²) in [5.74, 6) is 3.19. The predicted molar refractivity (Wildman–Crippen MR) is 138 cm³/mol. The fraction of sp³-hybridized carbons (Fsp3) is 0.833. The Labute approximate surface area is 199 Å². The first-order valence-electron chi connectivity index (χ1n) is 14.2. The summed E-state index contributed by atoms with van der Waals surface area (Å²) in [5, 5.41) is 3.43. The lowest BCUT2D eigenvalue weighted by Gasteiger charge is -2.59. The molecule has 1 atom stereocenters. The van der Waals surface area contributed by atoms with Gasteiger partial charge in [0, 0.05) is 12.5 Å². The number of carbonyl (C=O) groups excluding carboxylic acids is 1. The van der Waals surface area contributed by atoms with Gasteiger partial charge in [0.25, 0.3) is 0 Å². The van der Waals surface area contributed by atoms with Crippen molar-refractivity contribution in [3.8, 4) is 0 Å². The fourth-order valence-electron chi connectivity index (χ4n) is 7.27. The average Bonchev–Trinajstić information content (AvgIpc) is 2.75. The van der Waals surface area contributed by atoms with Crippen LogP contribution in [-0.2, 0) is 4.79 Å². The van der Waals surface area contributed by atoms with Gasteiger partial charge < -0.3 is 5.32 Å². The second kappa shape index (κ2) is 13.6. The maximum Gasteiger partial charge on any atom is 0.220 e. The van der Waals surface area contributed by atoms with Crippen molar-refractivity contribution in [2.45, 2.75) is 135 Å². The second-order valence-electron chi connectivity index (χ2n) is 11.5. The van der Waals surface area contributed by atoms with E-state index in [0.717, 1.165) is 37.0 Å². The van der Waals surface area contributed by atoms with Gasteiger partial charge in [-0.25, -0.2) is 0 Å². The minimum atomic E-state index is 0.305. The molecule has 2 heteroatoms. The van der Waals surface area contributed by atoms with Crippen LogP contribution in [-0.4, -0.2) is 11.9 Å². The van der Waals surface area contributed by atoms with Crippen LogP contribution in [0.5, 0.6) is 0 Å². The van der Waals surface area contributed by atoms with E-state index >= 15 is 0 Å². The molecule has 182 valence electrons. The number of unbranched alkanes of at least 4 members (excludes halogenated alkanes) is 8. The summed E-state index contributed by atoms with van der Waals surface area (Å²) in [5.41, 5.74) is 0.433. The first-order chi connectivity index (χ1) is 15.6. The van der Waals surface area contributed by atoms with E-state index in [9.17, 15) is 4.79 Å². The van der Waals surface area contributed by atoms with Gasteiger partial charge in [-0.1, -0.05) is 63.3 Å². The largest absolute Gasteiger partial charge is 0.353 e. The van der Waals surface area contributed by atoms with Gasteiger partial charge in [-0.15, -0.1) is 0 Å². The SMILES string of the molecule is CCCCC/C=C\C/C=C\CCCCCCCC(=O)NC(C)C12CC3CC(CC(C3)C1)C2. The molecule has 0 aliphatic heterocycles. The fourth-order valence-corrected chi connectivity index (χ4v) is 7.27. The molecule has 0 saturated heterocycles. The zero-order valence-electron chi connectivity index (χ0n) is 21.3. The van der Waals surface area contributed by atoms with Crippen molar-refractivity contribution in [3.05, 3.63) is 24.3 Å². The van der Waals surface area contributed by atoms with E-state index in [4.69, 9.17) is 0 Å². The van der Waals surface area contributed by atoms with E-state index < -0.39 is 0 Å². The number of nitrogens with one attached hydrogen (secondary N) is 1. The molecule has 4 aliphatic rings. The number of allylic oxidation sites excluding steroid dienone is 4. The molecule has 4 bridgehead atoms. The number of hydrogen-bond acceptors (Lipinski definition) is 1. The summed E-state index contributed by atoms with van der Waals surface area (Å²) in [6, 6.07) is 0.376. The average molecular weight is 442 g/mol. The Kier molecular flexibility index (Phi) is 10.9.